The highest BCUT2D eigenvalue weighted by molar-refractivity contribution is 5.90. The Bertz CT molecular complexity index is 3110. The first kappa shape index (κ1) is 39.4. The summed E-state index contributed by atoms with van der Waals surface area (Å²) < 4.78 is 0. The van der Waals surface area contributed by atoms with Crippen LogP contribution in [0.1, 0.15) is 33.4 Å². The van der Waals surface area contributed by atoms with Gasteiger partial charge in [0.05, 0.1) is 22.8 Å². The number of aromatic nitrogens is 4. The number of nitrogens with zero attached hydrogens (tertiary/aromatic N) is 6. The van der Waals surface area contributed by atoms with Gasteiger partial charge in [0.25, 0.3) is 0 Å². The van der Waals surface area contributed by atoms with E-state index in [1.165, 1.54) is 56.1 Å². The highest BCUT2D eigenvalue weighted by Crippen LogP contribution is 2.45. The van der Waals surface area contributed by atoms with Gasteiger partial charge in [-0.2, -0.15) is 0 Å². The Balaban J connectivity index is 1.03. The largest absolute Gasteiger partial charge is 0.310 e. The molecule has 0 amide bonds. The summed E-state index contributed by atoms with van der Waals surface area (Å²) in [7, 11) is 0. The third-order valence-electron chi connectivity index (χ3n) is 13.2. The number of anilines is 6. The highest BCUT2D eigenvalue weighted by atomic mass is 15.2. The molecule has 0 fully saturated rings. The van der Waals surface area contributed by atoms with E-state index in [0.717, 1.165) is 82.1 Å². The van der Waals surface area contributed by atoms with Gasteiger partial charge in [-0.05, 0) is 110 Å². The molecule has 0 unspecified atom stereocenters. The number of para-hydroxylation sites is 4. The predicted molar refractivity (Wildman–Crippen MR) is 271 cm³/mol. The number of rotatable bonds is 6. The molecule has 2 aromatic heterocycles. The summed E-state index contributed by atoms with van der Waals surface area (Å²) in [4.78, 5) is 26.3. The Morgan fingerprint density at radius 1 is 0.288 bits per heavy atom. The summed E-state index contributed by atoms with van der Waals surface area (Å²) in [6.45, 7) is 4.20. The van der Waals surface area contributed by atoms with E-state index < -0.39 is 0 Å². The van der Waals surface area contributed by atoms with Gasteiger partial charge in [-0.1, -0.05) is 157 Å². The predicted octanol–water partition coefficient (Wildman–Crippen LogP) is 14.8. The van der Waals surface area contributed by atoms with Gasteiger partial charge in [0.15, 0.2) is 11.3 Å². The lowest BCUT2D eigenvalue weighted by molar-refractivity contribution is 0.977. The zero-order chi connectivity index (χ0) is 44.1. The Morgan fingerprint density at radius 3 is 0.803 bits per heavy atom. The number of hydrogen-bond donors (Lipinski definition) is 0. The first-order chi connectivity index (χ1) is 32.5. The molecule has 0 N–H and O–H groups in total. The zero-order valence-corrected chi connectivity index (χ0v) is 37.0. The smallest absolute Gasteiger partial charge is 0.199 e. The molecule has 8 aromatic carbocycles. The van der Waals surface area contributed by atoms with Gasteiger partial charge in [-0.25, -0.2) is 19.9 Å². The summed E-state index contributed by atoms with van der Waals surface area (Å²) >= 11 is 0. The third-order valence-corrected chi connectivity index (χ3v) is 13.2. The van der Waals surface area contributed by atoms with Crippen molar-refractivity contribution in [3.05, 3.63) is 228 Å². The molecule has 0 saturated carbocycles. The van der Waals surface area contributed by atoms with E-state index in [0.29, 0.717) is 11.3 Å². The van der Waals surface area contributed by atoms with Crippen molar-refractivity contribution in [2.75, 3.05) is 9.80 Å². The minimum absolute atomic E-state index is 0.494. The van der Waals surface area contributed by atoms with Crippen molar-refractivity contribution in [1.29, 1.82) is 0 Å². The SMILES string of the molecule is Cc1ccc(-c2nc3nc(-c4ccc(N5c6ccccc6CCc6ccccc65)cc4)c(-c4ccc(N5c6ccccc6CCc6ccccc65)cc4)nc3nc2-c2ccc(C)cc2)cc1. The van der Waals surface area contributed by atoms with Gasteiger partial charge >= 0.3 is 0 Å². The Morgan fingerprint density at radius 2 is 0.530 bits per heavy atom. The van der Waals surface area contributed by atoms with Crippen LogP contribution >= 0.6 is 0 Å². The van der Waals surface area contributed by atoms with Crippen LogP contribution in [0.15, 0.2) is 194 Å². The highest BCUT2D eigenvalue weighted by Gasteiger charge is 2.25. The molecule has 2 aliphatic heterocycles. The number of hydrogen-bond acceptors (Lipinski definition) is 6. The second-order valence-corrected chi connectivity index (χ2v) is 17.5. The van der Waals surface area contributed by atoms with E-state index >= 15 is 0 Å². The minimum atomic E-state index is 0.494. The Labute approximate surface area is 385 Å². The van der Waals surface area contributed by atoms with E-state index in [1.54, 1.807) is 0 Å². The van der Waals surface area contributed by atoms with E-state index in [4.69, 9.17) is 19.9 Å². The molecule has 12 rings (SSSR count). The molecule has 0 spiro atoms. The second kappa shape index (κ2) is 16.4. The van der Waals surface area contributed by atoms with Crippen LogP contribution in [0, 0.1) is 13.8 Å². The Kier molecular flexibility index (Phi) is 9.79. The summed E-state index contributed by atoms with van der Waals surface area (Å²) in [5.41, 5.74) is 22.6. The summed E-state index contributed by atoms with van der Waals surface area (Å²) in [6, 6.07) is 69.6. The minimum Gasteiger partial charge on any atom is -0.310 e. The maximum atomic E-state index is 5.43. The van der Waals surface area contributed by atoms with Crippen LogP contribution in [0.2, 0.25) is 0 Å². The van der Waals surface area contributed by atoms with Gasteiger partial charge < -0.3 is 9.80 Å². The molecule has 6 heteroatoms. The number of aryl methyl sites for hydroxylation is 6. The van der Waals surface area contributed by atoms with Crippen LogP contribution in [-0.4, -0.2) is 19.9 Å². The van der Waals surface area contributed by atoms with Gasteiger partial charge in [0.1, 0.15) is 0 Å². The monoisotopic (exact) mass is 850 g/mol. The first-order valence-electron chi connectivity index (χ1n) is 22.9. The van der Waals surface area contributed by atoms with E-state index in [-0.39, 0.29) is 0 Å². The number of benzene rings is 8. The Hall–Kier alpha value is -8.22. The van der Waals surface area contributed by atoms with Crippen molar-refractivity contribution < 1.29 is 0 Å². The quantitative estimate of drug-likeness (QED) is 0.166. The molecule has 10 aromatic rings. The average Bonchev–Trinajstić information content (AvgIpc) is 3.65. The fourth-order valence-electron chi connectivity index (χ4n) is 9.77. The lowest BCUT2D eigenvalue weighted by Crippen LogP contribution is -2.11. The fraction of sp³-hybridized carbons (Fsp3) is 0.100. The maximum absolute atomic E-state index is 5.43. The topological polar surface area (TPSA) is 58.0 Å². The van der Waals surface area contributed by atoms with Crippen molar-refractivity contribution in [1.82, 2.24) is 19.9 Å². The summed E-state index contributed by atoms with van der Waals surface area (Å²) in [6.07, 6.45) is 3.96. The van der Waals surface area contributed by atoms with E-state index in [1.807, 2.05) is 0 Å². The van der Waals surface area contributed by atoms with Gasteiger partial charge in [-0.3, -0.25) is 0 Å². The van der Waals surface area contributed by atoms with Crippen LogP contribution < -0.4 is 9.80 Å². The van der Waals surface area contributed by atoms with Crippen molar-refractivity contribution in [3.63, 3.8) is 0 Å². The van der Waals surface area contributed by atoms with E-state index in [9.17, 15) is 0 Å². The third kappa shape index (κ3) is 7.08. The van der Waals surface area contributed by atoms with Crippen molar-refractivity contribution in [2.45, 2.75) is 39.5 Å². The lowest BCUT2D eigenvalue weighted by Gasteiger charge is -2.27. The van der Waals surface area contributed by atoms with Gasteiger partial charge in [0, 0.05) is 56.4 Å². The molecule has 6 nitrogen and oxygen atoms in total. The molecule has 0 radical (unpaired) electrons. The molecule has 66 heavy (non-hydrogen) atoms. The summed E-state index contributed by atoms with van der Waals surface area (Å²) in [5, 5.41) is 0. The molecule has 2 aliphatic rings. The normalized spacial score (nSPS) is 13.0. The molecule has 0 saturated heterocycles. The van der Waals surface area contributed by atoms with Gasteiger partial charge in [0.2, 0.25) is 0 Å². The lowest BCUT2D eigenvalue weighted by atomic mass is 10.0. The van der Waals surface area contributed by atoms with Crippen LogP contribution in [0.25, 0.3) is 56.3 Å². The molecular formula is C60H46N6. The molecule has 4 heterocycles. The molecule has 0 atom stereocenters. The van der Waals surface area contributed by atoms with Crippen molar-refractivity contribution >= 4 is 45.4 Å². The standard InChI is InChI=1S/C60H46N6/c1-39-19-23-45(24-20-39)55-56(46-25-21-40(2)22-26-46)62-60-59(61-55)63-57(47-31-35-49(36-32-47)65-51-15-7-3-11-41(51)27-28-42-12-4-8-16-52(42)65)58(64-60)48-33-37-50(38-34-48)66-53-17-9-5-13-43(53)29-30-44-14-6-10-18-54(44)66/h3-26,31-38H,27-30H2,1-2H3. The molecule has 316 valence electrons. The average molecular weight is 851 g/mol. The van der Waals surface area contributed by atoms with Crippen LogP contribution in [0.3, 0.4) is 0 Å². The molecule has 0 bridgehead atoms. The number of fused-ring (bicyclic) bond motifs is 5. The van der Waals surface area contributed by atoms with Crippen LogP contribution in [0.5, 0.6) is 0 Å². The van der Waals surface area contributed by atoms with Crippen LogP contribution in [-0.2, 0) is 25.7 Å². The summed E-state index contributed by atoms with van der Waals surface area (Å²) in [5.74, 6) is 0. The second-order valence-electron chi connectivity index (χ2n) is 17.5. The zero-order valence-electron chi connectivity index (χ0n) is 37.0. The molecule has 0 aliphatic carbocycles. The fourth-order valence-corrected chi connectivity index (χ4v) is 9.77. The van der Waals surface area contributed by atoms with Crippen molar-refractivity contribution in [2.24, 2.45) is 0 Å². The van der Waals surface area contributed by atoms with Crippen LogP contribution in [0.4, 0.5) is 34.1 Å². The van der Waals surface area contributed by atoms with Gasteiger partial charge in [-0.15, -0.1) is 0 Å². The molecular weight excluding hydrogens is 805 g/mol. The first-order valence-corrected chi connectivity index (χ1v) is 22.9. The maximum Gasteiger partial charge on any atom is 0.199 e. The van der Waals surface area contributed by atoms with Crippen molar-refractivity contribution in [3.8, 4) is 45.0 Å². The van der Waals surface area contributed by atoms with E-state index in [2.05, 4.69) is 218 Å².